The minimum atomic E-state index is -3.08. The van der Waals surface area contributed by atoms with Gasteiger partial charge in [-0.2, -0.15) is 4.98 Å². The molecule has 0 aliphatic carbocycles. The molecule has 142 valence electrons. The molecule has 8 heteroatoms. The molecule has 0 bridgehead atoms. The Kier molecular flexibility index (Phi) is 2.48. The molecule has 0 aliphatic rings. The van der Waals surface area contributed by atoms with Crippen molar-refractivity contribution in [2.75, 3.05) is 38.0 Å². The van der Waals surface area contributed by atoms with Gasteiger partial charge in [0.25, 0.3) is 0 Å². The number of rotatable bonds is 6. The van der Waals surface area contributed by atoms with Gasteiger partial charge in [-0.25, -0.2) is 4.98 Å². The quantitative estimate of drug-likeness (QED) is 0.597. The number of ether oxygens (including phenoxy) is 3. The van der Waals surface area contributed by atoms with Crippen LogP contribution in [0.15, 0.2) is 24.2 Å². The van der Waals surface area contributed by atoms with E-state index >= 15 is 0 Å². The van der Waals surface area contributed by atoms with Crippen molar-refractivity contribution in [3.8, 4) is 17.2 Å². The molecule has 0 aliphatic heterocycles. The summed E-state index contributed by atoms with van der Waals surface area (Å²) in [6.45, 7) is -3.04. The third-order valence-corrected chi connectivity index (χ3v) is 3.75. The Labute approximate surface area is 172 Å². The zero-order valence-corrected chi connectivity index (χ0v) is 14.1. The summed E-state index contributed by atoms with van der Waals surface area (Å²) in [5, 5.41) is 2.73. The van der Waals surface area contributed by atoms with Gasteiger partial charge in [0.1, 0.15) is 5.82 Å². The second-order valence-electron chi connectivity index (χ2n) is 5.34. The molecule has 1 heterocycles. The summed E-state index contributed by atoms with van der Waals surface area (Å²) in [7, 11) is -5.10. The number of methoxy groups -OCH3 is 3. The fraction of sp³-hybridized carbons (Fsp3) is 0.263. The van der Waals surface area contributed by atoms with E-state index in [1.54, 1.807) is 0 Å². The normalized spacial score (nSPS) is 18.0. The van der Waals surface area contributed by atoms with Crippen molar-refractivity contribution in [3.63, 3.8) is 0 Å². The lowest BCUT2D eigenvalue weighted by atomic mass is 10.0. The van der Waals surface area contributed by atoms with Gasteiger partial charge in [0.05, 0.1) is 37.7 Å². The first-order chi connectivity index (χ1) is 17.3. The molecule has 0 unspecified atom stereocenters. The van der Waals surface area contributed by atoms with Crippen LogP contribution < -0.4 is 31.0 Å². The molecule has 2 aromatic carbocycles. The van der Waals surface area contributed by atoms with Gasteiger partial charge in [0, 0.05) is 33.8 Å². The Morgan fingerprint density at radius 3 is 2.48 bits per heavy atom. The monoisotopic (exact) mass is 380 g/mol. The van der Waals surface area contributed by atoms with Crippen LogP contribution in [0.2, 0.25) is 0 Å². The second kappa shape index (κ2) is 7.45. The molecule has 0 spiro atoms. The Morgan fingerprint density at radius 1 is 1.11 bits per heavy atom. The Balaban J connectivity index is 2.21. The summed E-state index contributed by atoms with van der Waals surface area (Å²) in [6.07, 6.45) is 0. The predicted octanol–water partition coefficient (Wildman–Crippen LogP) is 2.74. The van der Waals surface area contributed by atoms with Gasteiger partial charge in [-0.1, -0.05) is 6.07 Å². The van der Waals surface area contributed by atoms with Crippen molar-refractivity contribution in [1.82, 2.24) is 9.97 Å². The fourth-order valence-electron chi connectivity index (χ4n) is 2.54. The molecule has 3 aromatic rings. The minimum Gasteiger partial charge on any atom is -0.493 e. The number of hydrogen-bond acceptors (Lipinski definition) is 8. The lowest BCUT2D eigenvalue weighted by Gasteiger charge is -2.16. The van der Waals surface area contributed by atoms with Gasteiger partial charge in [0.15, 0.2) is 11.5 Å². The maximum Gasteiger partial charge on any atom is 0.222 e. The third-order valence-electron chi connectivity index (χ3n) is 3.75. The molecule has 0 saturated heterocycles. The number of aryl methyl sites for hydroxylation is 1. The minimum absolute atomic E-state index is 0.0308. The molecule has 0 fully saturated rings. The number of fused-ring (bicyclic) bond motifs is 1. The van der Waals surface area contributed by atoms with Crippen LogP contribution in [-0.2, 0) is 6.54 Å². The smallest absolute Gasteiger partial charge is 0.222 e. The Morgan fingerprint density at radius 2 is 1.85 bits per heavy atom. The summed E-state index contributed by atoms with van der Waals surface area (Å²) >= 11 is 0. The van der Waals surface area contributed by atoms with E-state index < -0.39 is 55.9 Å². The summed E-state index contributed by atoms with van der Waals surface area (Å²) in [6, 6.07) is 1.53. The Bertz CT molecular complexity index is 1330. The standard InChI is InChI=1S/C19H23N5O3/c1-10-11(5-6-13-16(10)18(20)24-19(21)23-13)9-22-12-7-14(25-2)17(27-4)15(8-12)26-3/h5-8,22H,9H2,1-4H3,(H4,20,21,23,24)/i1D3,2D3,3D3,7D,8D. The topological polar surface area (TPSA) is 118 Å². The summed E-state index contributed by atoms with van der Waals surface area (Å²) in [5.74, 6) is -2.35. The first-order valence-electron chi connectivity index (χ1n) is 13.0. The average molecular weight is 380 g/mol. The molecule has 5 N–H and O–H groups in total. The van der Waals surface area contributed by atoms with E-state index in [1.807, 2.05) is 0 Å². The molecule has 0 amide bonds. The molecule has 0 radical (unpaired) electrons. The van der Waals surface area contributed by atoms with Gasteiger partial charge in [0.2, 0.25) is 11.7 Å². The van der Waals surface area contributed by atoms with Gasteiger partial charge >= 0.3 is 0 Å². The highest BCUT2D eigenvalue weighted by atomic mass is 16.5. The number of hydrogen-bond donors (Lipinski definition) is 3. The van der Waals surface area contributed by atoms with Gasteiger partial charge in [-0.3, -0.25) is 0 Å². The average Bonchev–Trinajstić information content (AvgIpc) is 2.74. The van der Waals surface area contributed by atoms with Crippen LogP contribution in [-0.4, -0.2) is 31.2 Å². The molecule has 3 rings (SSSR count). The number of nitrogens with one attached hydrogen (secondary N) is 1. The number of nitrogen functional groups attached to an aromatic ring is 2. The largest absolute Gasteiger partial charge is 0.493 e. The van der Waals surface area contributed by atoms with Crippen LogP contribution in [0.1, 0.15) is 26.2 Å². The molecule has 0 atom stereocenters. The molecule has 1 aromatic heterocycles. The van der Waals surface area contributed by atoms with Crippen LogP contribution in [0.3, 0.4) is 0 Å². The summed E-state index contributed by atoms with van der Waals surface area (Å²) in [5.41, 5.74) is 11.3. The van der Waals surface area contributed by atoms with E-state index in [-0.39, 0.29) is 40.3 Å². The van der Waals surface area contributed by atoms with E-state index in [9.17, 15) is 0 Å². The lowest BCUT2D eigenvalue weighted by Crippen LogP contribution is -2.06. The van der Waals surface area contributed by atoms with Crippen LogP contribution in [0.5, 0.6) is 17.2 Å². The third kappa shape index (κ3) is 3.46. The fourth-order valence-corrected chi connectivity index (χ4v) is 2.54. The summed E-state index contributed by atoms with van der Waals surface area (Å²) < 4.78 is 100. The van der Waals surface area contributed by atoms with Crippen molar-refractivity contribution in [3.05, 3.63) is 35.3 Å². The molecular formula is C19H23N5O3. The van der Waals surface area contributed by atoms with Crippen LogP contribution in [0.4, 0.5) is 17.5 Å². The first kappa shape index (κ1) is 8.98. The highest BCUT2D eigenvalue weighted by molar-refractivity contribution is 5.92. The van der Waals surface area contributed by atoms with Gasteiger partial charge < -0.3 is 31.0 Å². The maximum absolute atomic E-state index is 8.47. The SMILES string of the molecule is [2H]c1c(NCc2ccc3nc(N)nc(N)c3c2C([2H])([2H])[2H])c([2H])c(OC([2H])([2H])[2H])c(OC)c1OC([2H])([2H])[2H]. The zero-order chi connectivity index (χ0) is 28.8. The number of anilines is 3. The molecule has 27 heavy (non-hydrogen) atoms. The highest BCUT2D eigenvalue weighted by Crippen LogP contribution is 2.40. The van der Waals surface area contributed by atoms with E-state index in [0.717, 1.165) is 7.11 Å². The van der Waals surface area contributed by atoms with E-state index in [0.29, 0.717) is 0 Å². The number of nitrogens with two attached hydrogens (primary N) is 2. The van der Waals surface area contributed by atoms with Gasteiger partial charge in [-0.15, -0.1) is 0 Å². The van der Waals surface area contributed by atoms with Crippen molar-refractivity contribution < 1.29 is 29.3 Å². The van der Waals surface area contributed by atoms with Crippen molar-refractivity contribution in [2.24, 2.45) is 0 Å². The van der Waals surface area contributed by atoms with E-state index in [2.05, 4.69) is 15.3 Å². The number of nitrogens with zero attached hydrogens (tertiary/aromatic N) is 2. The number of benzene rings is 2. The number of aromatic nitrogens is 2. The van der Waals surface area contributed by atoms with Crippen LogP contribution in [0.25, 0.3) is 10.9 Å². The molecule has 0 saturated carbocycles. The van der Waals surface area contributed by atoms with E-state index in [4.69, 9.17) is 40.8 Å². The van der Waals surface area contributed by atoms with E-state index in [1.165, 1.54) is 12.1 Å². The zero-order valence-electron chi connectivity index (χ0n) is 25.1. The predicted molar refractivity (Wildman–Crippen MR) is 107 cm³/mol. The molecule has 8 nitrogen and oxygen atoms in total. The van der Waals surface area contributed by atoms with Crippen molar-refractivity contribution >= 4 is 28.4 Å². The van der Waals surface area contributed by atoms with Crippen LogP contribution >= 0.6 is 0 Å². The van der Waals surface area contributed by atoms with Crippen molar-refractivity contribution in [2.45, 2.75) is 13.4 Å². The van der Waals surface area contributed by atoms with Gasteiger partial charge in [-0.05, 0) is 24.0 Å². The van der Waals surface area contributed by atoms with Crippen molar-refractivity contribution in [1.29, 1.82) is 0 Å². The highest BCUT2D eigenvalue weighted by Gasteiger charge is 2.14. The first-order valence-corrected chi connectivity index (χ1v) is 7.52. The molecular weight excluding hydrogens is 346 g/mol. The lowest BCUT2D eigenvalue weighted by molar-refractivity contribution is 0.324. The maximum atomic E-state index is 8.47. The Hall–Kier alpha value is -3.42. The van der Waals surface area contributed by atoms with Crippen LogP contribution in [0, 0.1) is 6.85 Å². The second-order valence-corrected chi connectivity index (χ2v) is 5.34. The summed E-state index contributed by atoms with van der Waals surface area (Å²) in [4.78, 5) is 7.85.